The number of sulfonamides is 1. The van der Waals surface area contributed by atoms with E-state index in [1.807, 2.05) is 29.8 Å². The Balaban J connectivity index is 1.86. The van der Waals surface area contributed by atoms with Crippen molar-refractivity contribution in [1.29, 1.82) is 0 Å². The number of carbonyl (C=O) groups is 1. The summed E-state index contributed by atoms with van der Waals surface area (Å²) in [5.41, 5.74) is 1.28. The zero-order valence-corrected chi connectivity index (χ0v) is 21.2. The van der Waals surface area contributed by atoms with Gasteiger partial charge >= 0.3 is 0 Å². The first-order chi connectivity index (χ1) is 15.3. The van der Waals surface area contributed by atoms with E-state index in [1.54, 1.807) is 0 Å². The number of methoxy groups -OCH3 is 2. The van der Waals surface area contributed by atoms with E-state index in [2.05, 4.69) is 20.9 Å². The molecule has 3 aromatic rings. The molecule has 1 heterocycles. The SMILES string of the molecule is COCCN(CCOC)S(=O)(=O)c1ccc(C(=O)N=c2sc3cc(Br)ccc3n2C)cc1. The first-order valence-electron chi connectivity index (χ1n) is 9.70. The Kier molecular flexibility index (Phi) is 8.37. The van der Waals surface area contributed by atoms with E-state index in [1.165, 1.54) is 54.1 Å². The summed E-state index contributed by atoms with van der Waals surface area (Å²) in [5.74, 6) is -0.439. The maximum absolute atomic E-state index is 13.0. The van der Waals surface area contributed by atoms with Crippen LogP contribution in [0.4, 0.5) is 0 Å². The Morgan fingerprint density at radius 3 is 2.31 bits per heavy atom. The number of halogens is 1. The number of hydrogen-bond donors (Lipinski definition) is 0. The van der Waals surface area contributed by atoms with E-state index in [-0.39, 0.29) is 31.2 Å². The molecule has 0 saturated carbocycles. The van der Waals surface area contributed by atoms with Gasteiger partial charge in [-0.2, -0.15) is 9.30 Å². The Hall–Kier alpha value is -1.89. The number of aryl methyl sites for hydroxylation is 1. The van der Waals surface area contributed by atoms with Crippen LogP contribution in [-0.4, -0.2) is 63.7 Å². The molecule has 0 fully saturated rings. The summed E-state index contributed by atoms with van der Waals surface area (Å²) in [6.45, 7) is 0.940. The number of ether oxygens (including phenoxy) is 2. The first kappa shape index (κ1) is 24.7. The minimum atomic E-state index is -3.75. The second-order valence-electron chi connectivity index (χ2n) is 6.89. The molecule has 11 heteroatoms. The summed E-state index contributed by atoms with van der Waals surface area (Å²) in [6.07, 6.45) is 0. The zero-order chi connectivity index (χ0) is 23.3. The minimum Gasteiger partial charge on any atom is -0.383 e. The highest BCUT2D eigenvalue weighted by Gasteiger charge is 2.24. The summed E-state index contributed by atoms with van der Waals surface area (Å²) >= 11 is 4.85. The van der Waals surface area contributed by atoms with Crippen LogP contribution >= 0.6 is 27.3 Å². The van der Waals surface area contributed by atoms with Gasteiger partial charge in [0.05, 0.1) is 28.3 Å². The Morgan fingerprint density at radius 1 is 1.09 bits per heavy atom. The smallest absolute Gasteiger partial charge is 0.279 e. The lowest BCUT2D eigenvalue weighted by Crippen LogP contribution is -2.36. The molecule has 0 spiro atoms. The topological polar surface area (TPSA) is 90.2 Å². The van der Waals surface area contributed by atoms with Crippen molar-refractivity contribution in [3.8, 4) is 0 Å². The van der Waals surface area contributed by atoms with Crippen molar-refractivity contribution in [3.63, 3.8) is 0 Å². The average molecular weight is 542 g/mol. The van der Waals surface area contributed by atoms with Crippen LogP contribution in [0, 0.1) is 0 Å². The predicted molar refractivity (Wildman–Crippen MR) is 127 cm³/mol. The number of fused-ring (bicyclic) bond motifs is 1. The number of amides is 1. The summed E-state index contributed by atoms with van der Waals surface area (Å²) in [6, 6.07) is 11.7. The van der Waals surface area contributed by atoms with E-state index in [9.17, 15) is 13.2 Å². The number of aromatic nitrogens is 1. The summed E-state index contributed by atoms with van der Waals surface area (Å²) < 4.78 is 41.1. The van der Waals surface area contributed by atoms with Gasteiger partial charge in [0.25, 0.3) is 5.91 Å². The molecule has 0 aliphatic carbocycles. The average Bonchev–Trinajstić information content (AvgIpc) is 3.07. The van der Waals surface area contributed by atoms with Crippen molar-refractivity contribution < 1.29 is 22.7 Å². The van der Waals surface area contributed by atoms with Crippen molar-refractivity contribution in [2.24, 2.45) is 12.0 Å². The van der Waals surface area contributed by atoms with Gasteiger partial charge in [0, 0.05) is 44.4 Å². The van der Waals surface area contributed by atoms with Crippen LogP contribution in [0.15, 0.2) is 56.8 Å². The largest absolute Gasteiger partial charge is 0.383 e. The molecule has 2 aromatic carbocycles. The van der Waals surface area contributed by atoms with Crippen LogP contribution in [0.2, 0.25) is 0 Å². The van der Waals surface area contributed by atoms with E-state index < -0.39 is 15.9 Å². The van der Waals surface area contributed by atoms with Crippen LogP contribution in [0.3, 0.4) is 0 Å². The third-order valence-electron chi connectivity index (χ3n) is 4.80. The predicted octanol–water partition coefficient (Wildman–Crippen LogP) is 3.03. The molecule has 0 bridgehead atoms. The van der Waals surface area contributed by atoms with E-state index in [4.69, 9.17) is 9.47 Å². The fourth-order valence-electron chi connectivity index (χ4n) is 3.02. The van der Waals surface area contributed by atoms with E-state index in [0.717, 1.165) is 14.7 Å². The second kappa shape index (κ2) is 10.8. The fraction of sp³-hybridized carbons (Fsp3) is 0.333. The molecule has 0 unspecified atom stereocenters. The van der Waals surface area contributed by atoms with Crippen molar-refractivity contribution in [3.05, 3.63) is 57.3 Å². The van der Waals surface area contributed by atoms with Crippen molar-refractivity contribution in [2.75, 3.05) is 40.5 Å². The van der Waals surface area contributed by atoms with Crippen LogP contribution in [-0.2, 0) is 26.5 Å². The summed E-state index contributed by atoms with van der Waals surface area (Å²) in [7, 11) is 1.13. The highest BCUT2D eigenvalue weighted by molar-refractivity contribution is 9.10. The normalized spacial score (nSPS) is 12.7. The standard InChI is InChI=1S/C21H24BrN3O5S2/c1-24-18-9-6-16(22)14-19(18)31-21(24)23-20(26)15-4-7-17(8-5-15)32(27,28)25(10-12-29-2)11-13-30-3/h4-9,14H,10-13H2,1-3H3. The molecule has 0 aliphatic rings. The molecule has 0 atom stereocenters. The van der Waals surface area contributed by atoms with Gasteiger partial charge in [-0.15, -0.1) is 0 Å². The molecular weight excluding hydrogens is 518 g/mol. The van der Waals surface area contributed by atoms with Gasteiger partial charge in [-0.1, -0.05) is 27.3 Å². The second-order valence-corrected chi connectivity index (χ2v) is 10.7. The van der Waals surface area contributed by atoms with Crippen molar-refractivity contribution in [1.82, 2.24) is 8.87 Å². The Morgan fingerprint density at radius 2 is 1.72 bits per heavy atom. The maximum atomic E-state index is 13.0. The number of hydrogen-bond acceptors (Lipinski definition) is 6. The van der Waals surface area contributed by atoms with Gasteiger partial charge in [0.15, 0.2) is 4.80 Å². The Bertz CT molecular complexity index is 1260. The van der Waals surface area contributed by atoms with Gasteiger partial charge in [-0.05, 0) is 42.5 Å². The van der Waals surface area contributed by atoms with Crippen LogP contribution < -0.4 is 4.80 Å². The lowest BCUT2D eigenvalue weighted by Gasteiger charge is -2.21. The molecule has 0 aliphatic heterocycles. The Labute approximate surface area is 199 Å². The number of benzene rings is 2. The molecule has 32 heavy (non-hydrogen) atoms. The maximum Gasteiger partial charge on any atom is 0.279 e. The third kappa shape index (κ3) is 5.53. The number of thiazole rings is 1. The van der Waals surface area contributed by atoms with Crippen LogP contribution in [0.25, 0.3) is 10.2 Å². The van der Waals surface area contributed by atoms with Gasteiger partial charge in [0.2, 0.25) is 10.0 Å². The lowest BCUT2D eigenvalue weighted by molar-refractivity contribution is 0.0998. The summed E-state index contributed by atoms with van der Waals surface area (Å²) in [4.78, 5) is 17.6. The van der Waals surface area contributed by atoms with Crippen molar-refractivity contribution >= 4 is 53.4 Å². The molecule has 1 amide bonds. The minimum absolute atomic E-state index is 0.0959. The van der Waals surface area contributed by atoms with Crippen LogP contribution in [0.1, 0.15) is 10.4 Å². The van der Waals surface area contributed by atoms with Crippen LogP contribution in [0.5, 0.6) is 0 Å². The van der Waals surface area contributed by atoms with Crippen molar-refractivity contribution in [2.45, 2.75) is 4.90 Å². The number of rotatable bonds is 9. The highest BCUT2D eigenvalue weighted by atomic mass is 79.9. The molecule has 0 saturated heterocycles. The zero-order valence-electron chi connectivity index (χ0n) is 17.9. The fourth-order valence-corrected chi connectivity index (χ4v) is 6.00. The van der Waals surface area contributed by atoms with E-state index in [0.29, 0.717) is 10.4 Å². The van der Waals surface area contributed by atoms with Gasteiger partial charge in [-0.25, -0.2) is 8.42 Å². The molecule has 172 valence electrons. The molecule has 0 N–H and O–H groups in total. The molecular formula is C21H24BrN3O5S2. The lowest BCUT2D eigenvalue weighted by atomic mass is 10.2. The third-order valence-corrected chi connectivity index (χ3v) is 8.30. The summed E-state index contributed by atoms with van der Waals surface area (Å²) in [5, 5.41) is 0. The number of nitrogens with zero attached hydrogens (tertiary/aromatic N) is 3. The van der Waals surface area contributed by atoms with Gasteiger partial charge < -0.3 is 14.0 Å². The molecule has 8 nitrogen and oxygen atoms in total. The van der Waals surface area contributed by atoms with Gasteiger partial charge in [-0.3, -0.25) is 4.79 Å². The molecule has 1 aromatic heterocycles. The quantitative estimate of drug-likeness (QED) is 0.415. The van der Waals surface area contributed by atoms with Gasteiger partial charge in [0.1, 0.15) is 0 Å². The highest BCUT2D eigenvalue weighted by Crippen LogP contribution is 2.22. The molecule has 3 rings (SSSR count). The first-order valence-corrected chi connectivity index (χ1v) is 12.7. The number of carbonyl (C=O) groups excluding carboxylic acids is 1. The van der Waals surface area contributed by atoms with E-state index >= 15 is 0 Å². The molecule has 0 radical (unpaired) electrons. The monoisotopic (exact) mass is 541 g/mol.